The number of hydrogen-bond donors (Lipinski definition) is 1. The molecule has 1 N–H and O–H groups in total. The van der Waals surface area contributed by atoms with Gasteiger partial charge in [-0.3, -0.25) is 4.90 Å². The van der Waals surface area contributed by atoms with E-state index >= 15 is 0 Å². The van der Waals surface area contributed by atoms with Crippen molar-refractivity contribution < 1.29 is 0 Å². The van der Waals surface area contributed by atoms with Gasteiger partial charge in [0.1, 0.15) is 0 Å². The fourth-order valence-corrected chi connectivity index (χ4v) is 2.63. The van der Waals surface area contributed by atoms with E-state index in [9.17, 15) is 0 Å². The lowest BCUT2D eigenvalue weighted by molar-refractivity contribution is 0.305. The molecule has 1 aliphatic heterocycles. The molecule has 0 amide bonds. The maximum Gasteiger partial charge on any atom is 0.0233 e. The number of benzene rings is 1. The first-order valence-electron chi connectivity index (χ1n) is 7.45. The summed E-state index contributed by atoms with van der Waals surface area (Å²) >= 11 is 0. The number of nitrogens with one attached hydrogen (secondary N) is 1. The van der Waals surface area contributed by atoms with Gasteiger partial charge < -0.3 is 5.32 Å². The molecular formula is C17H28N2. The first-order chi connectivity index (χ1) is 8.92. The number of likely N-dealkylation sites (tertiary alicyclic amines) is 1. The molecule has 1 atom stereocenters. The van der Waals surface area contributed by atoms with Crippen molar-refractivity contribution in [3.05, 3.63) is 35.4 Å². The van der Waals surface area contributed by atoms with E-state index in [2.05, 4.69) is 62.2 Å². The lowest BCUT2D eigenvalue weighted by atomic mass is 10.1. The Balaban J connectivity index is 1.77. The summed E-state index contributed by atoms with van der Waals surface area (Å²) in [5.74, 6) is 0.810. The Morgan fingerprint density at radius 3 is 2.53 bits per heavy atom. The fourth-order valence-electron chi connectivity index (χ4n) is 2.63. The number of hydrogen-bond acceptors (Lipinski definition) is 2. The summed E-state index contributed by atoms with van der Waals surface area (Å²) in [6.45, 7) is 13.6. The third-order valence-corrected chi connectivity index (χ3v) is 3.82. The second kappa shape index (κ2) is 6.06. The molecule has 1 heterocycles. The highest BCUT2D eigenvalue weighted by Crippen LogP contribution is 2.19. The summed E-state index contributed by atoms with van der Waals surface area (Å²) in [5.41, 5.74) is 3.03. The monoisotopic (exact) mass is 260 g/mol. The van der Waals surface area contributed by atoms with Crippen molar-refractivity contribution in [3.63, 3.8) is 0 Å². The Hall–Kier alpha value is -0.860. The maximum absolute atomic E-state index is 3.63. The number of aryl methyl sites for hydroxylation is 1. The molecular weight excluding hydrogens is 232 g/mol. The van der Waals surface area contributed by atoms with E-state index < -0.39 is 0 Å². The summed E-state index contributed by atoms with van der Waals surface area (Å²) in [6, 6.07) is 8.94. The minimum atomic E-state index is 0.240. The van der Waals surface area contributed by atoms with Crippen molar-refractivity contribution >= 4 is 0 Å². The molecule has 1 saturated heterocycles. The average Bonchev–Trinajstić information content (AvgIpc) is 2.77. The normalized spacial score (nSPS) is 20.9. The van der Waals surface area contributed by atoms with Crippen LogP contribution in [-0.2, 0) is 6.54 Å². The standard InChI is InChI=1S/C17H28N2/c1-14-5-7-15(8-6-14)12-19-10-9-16(13-19)11-18-17(2,3)4/h5-8,16,18H,9-13H2,1-4H3. The molecule has 19 heavy (non-hydrogen) atoms. The van der Waals surface area contributed by atoms with Gasteiger partial charge in [-0.2, -0.15) is 0 Å². The van der Waals surface area contributed by atoms with Crippen molar-refractivity contribution in [2.24, 2.45) is 5.92 Å². The van der Waals surface area contributed by atoms with Crippen molar-refractivity contribution in [1.82, 2.24) is 10.2 Å². The summed E-state index contributed by atoms with van der Waals surface area (Å²) in [7, 11) is 0. The average molecular weight is 260 g/mol. The molecule has 0 bridgehead atoms. The number of rotatable bonds is 4. The van der Waals surface area contributed by atoms with Gasteiger partial charge in [0.15, 0.2) is 0 Å². The van der Waals surface area contributed by atoms with Crippen LogP contribution in [-0.4, -0.2) is 30.1 Å². The van der Waals surface area contributed by atoms with Crippen LogP contribution >= 0.6 is 0 Å². The van der Waals surface area contributed by atoms with Crippen molar-refractivity contribution in [2.75, 3.05) is 19.6 Å². The van der Waals surface area contributed by atoms with Gasteiger partial charge in [0.05, 0.1) is 0 Å². The molecule has 0 spiro atoms. The van der Waals surface area contributed by atoms with Crippen molar-refractivity contribution in [1.29, 1.82) is 0 Å². The molecule has 1 aromatic carbocycles. The Labute approximate surface area is 118 Å². The summed E-state index contributed by atoms with van der Waals surface area (Å²) in [4.78, 5) is 2.58. The van der Waals surface area contributed by atoms with Crippen molar-refractivity contribution in [3.8, 4) is 0 Å². The van der Waals surface area contributed by atoms with Gasteiger partial charge in [-0.25, -0.2) is 0 Å². The molecule has 0 saturated carbocycles. The van der Waals surface area contributed by atoms with E-state index in [1.165, 1.54) is 30.6 Å². The van der Waals surface area contributed by atoms with E-state index in [-0.39, 0.29) is 5.54 Å². The number of nitrogens with zero attached hydrogens (tertiary/aromatic N) is 1. The zero-order valence-electron chi connectivity index (χ0n) is 12.9. The Morgan fingerprint density at radius 1 is 1.21 bits per heavy atom. The molecule has 2 nitrogen and oxygen atoms in total. The lowest BCUT2D eigenvalue weighted by Gasteiger charge is -2.23. The Kier molecular flexibility index (Phi) is 4.64. The van der Waals surface area contributed by atoms with Crippen LogP contribution < -0.4 is 5.32 Å². The predicted molar refractivity (Wildman–Crippen MR) is 82.3 cm³/mol. The van der Waals surface area contributed by atoms with Crippen LogP contribution in [0, 0.1) is 12.8 Å². The third kappa shape index (κ3) is 4.96. The molecule has 0 aromatic heterocycles. The molecule has 0 radical (unpaired) electrons. The zero-order valence-corrected chi connectivity index (χ0v) is 12.9. The topological polar surface area (TPSA) is 15.3 Å². The summed E-state index contributed by atoms with van der Waals surface area (Å²) in [6.07, 6.45) is 1.33. The summed E-state index contributed by atoms with van der Waals surface area (Å²) in [5, 5.41) is 3.63. The van der Waals surface area contributed by atoms with Gasteiger partial charge in [-0.15, -0.1) is 0 Å². The van der Waals surface area contributed by atoms with Gasteiger partial charge in [-0.05, 0) is 58.7 Å². The minimum absolute atomic E-state index is 0.240. The fraction of sp³-hybridized carbons (Fsp3) is 0.647. The SMILES string of the molecule is Cc1ccc(CN2CCC(CNC(C)(C)C)C2)cc1. The second-order valence-corrected chi connectivity index (χ2v) is 7.01. The molecule has 2 rings (SSSR count). The second-order valence-electron chi connectivity index (χ2n) is 7.01. The highest BCUT2D eigenvalue weighted by molar-refractivity contribution is 5.21. The third-order valence-electron chi connectivity index (χ3n) is 3.82. The quantitative estimate of drug-likeness (QED) is 0.894. The maximum atomic E-state index is 3.63. The lowest BCUT2D eigenvalue weighted by Crippen LogP contribution is -2.39. The van der Waals surface area contributed by atoms with Gasteiger partial charge in [0.2, 0.25) is 0 Å². The van der Waals surface area contributed by atoms with Crippen LogP contribution in [0.3, 0.4) is 0 Å². The van der Waals surface area contributed by atoms with Crippen LogP contribution in [0.1, 0.15) is 38.3 Å². The molecule has 1 unspecified atom stereocenters. The van der Waals surface area contributed by atoms with Gasteiger partial charge in [-0.1, -0.05) is 29.8 Å². The first kappa shape index (κ1) is 14.5. The zero-order chi connectivity index (χ0) is 13.9. The van der Waals surface area contributed by atoms with Crippen LogP contribution in [0.2, 0.25) is 0 Å². The molecule has 106 valence electrons. The minimum Gasteiger partial charge on any atom is -0.312 e. The Bertz CT molecular complexity index is 389. The van der Waals surface area contributed by atoms with E-state index in [4.69, 9.17) is 0 Å². The predicted octanol–water partition coefficient (Wildman–Crippen LogP) is 3.21. The smallest absolute Gasteiger partial charge is 0.0233 e. The molecule has 1 aliphatic rings. The van der Waals surface area contributed by atoms with Crippen LogP contribution in [0.15, 0.2) is 24.3 Å². The van der Waals surface area contributed by atoms with Crippen LogP contribution in [0.25, 0.3) is 0 Å². The van der Waals surface area contributed by atoms with E-state index in [1.807, 2.05) is 0 Å². The molecule has 2 heteroatoms. The van der Waals surface area contributed by atoms with Crippen LogP contribution in [0.4, 0.5) is 0 Å². The van der Waals surface area contributed by atoms with E-state index in [0.717, 1.165) is 19.0 Å². The van der Waals surface area contributed by atoms with Crippen molar-refractivity contribution in [2.45, 2.75) is 46.2 Å². The van der Waals surface area contributed by atoms with E-state index in [1.54, 1.807) is 0 Å². The van der Waals surface area contributed by atoms with Gasteiger partial charge >= 0.3 is 0 Å². The summed E-state index contributed by atoms with van der Waals surface area (Å²) < 4.78 is 0. The first-order valence-corrected chi connectivity index (χ1v) is 7.45. The highest BCUT2D eigenvalue weighted by Gasteiger charge is 2.23. The van der Waals surface area contributed by atoms with Gasteiger partial charge in [0, 0.05) is 18.6 Å². The molecule has 0 aliphatic carbocycles. The Morgan fingerprint density at radius 2 is 1.89 bits per heavy atom. The highest BCUT2D eigenvalue weighted by atomic mass is 15.1. The van der Waals surface area contributed by atoms with Crippen LogP contribution in [0.5, 0.6) is 0 Å². The molecule has 1 aromatic rings. The van der Waals surface area contributed by atoms with E-state index in [0.29, 0.717) is 0 Å². The largest absolute Gasteiger partial charge is 0.312 e. The van der Waals surface area contributed by atoms with Gasteiger partial charge in [0.25, 0.3) is 0 Å². The molecule has 1 fully saturated rings.